The Morgan fingerprint density at radius 3 is 2.58 bits per heavy atom. The number of amides is 1. The SMILES string of the molecule is COc1ccc(CC(OC(C)C)C(=O)O)cc1CNC(=O)C=Cc1cccc(Cl)c1Cl. The Morgan fingerprint density at radius 2 is 1.94 bits per heavy atom. The van der Waals surface area contributed by atoms with Crippen molar-refractivity contribution in [2.75, 3.05) is 7.11 Å². The number of hydrogen-bond donors (Lipinski definition) is 2. The molecule has 0 aliphatic rings. The molecule has 6 nitrogen and oxygen atoms in total. The van der Waals surface area contributed by atoms with Crippen molar-refractivity contribution in [3.05, 3.63) is 69.2 Å². The number of hydrogen-bond acceptors (Lipinski definition) is 4. The van der Waals surface area contributed by atoms with E-state index in [0.29, 0.717) is 21.4 Å². The highest BCUT2D eigenvalue weighted by Crippen LogP contribution is 2.26. The maximum Gasteiger partial charge on any atom is 0.333 e. The molecule has 0 aliphatic carbocycles. The molecule has 1 atom stereocenters. The number of benzene rings is 2. The van der Waals surface area contributed by atoms with Gasteiger partial charge >= 0.3 is 5.97 Å². The summed E-state index contributed by atoms with van der Waals surface area (Å²) in [7, 11) is 1.53. The minimum absolute atomic E-state index is 0.200. The summed E-state index contributed by atoms with van der Waals surface area (Å²) < 4.78 is 10.8. The Morgan fingerprint density at radius 1 is 1.19 bits per heavy atom. The van der Waals surface area contributed by atoms with Crippen LogP contribution in [0.25, 0.3) is 6.08 Å². The topological polar surface area (TPSA) is 84.9 Å². The maximum atomic E-state index is 12.2. The van der Waals surface area contributed by atoms with Gasteiger partial charge in [0.1, 0.15) is 5.75 Å². The van der Waals surface area contributed by atoms with Crippen molar-refractivity contribution in [3.8, 4) is 5.75 Å². The molecule has 2 N–H and O–H groups in total. The van der Waals surface area contributed by atoms with Gasteiger partial charge in [-0.1, -0.05) is 47.5 Å². The Kier molecular flexibility index (Phi) is 9.37. The fourth-order valence-corrected chi connectivity index (χ4v) is 3.26. The van der Waals surface area contributed by atoms with E-state index in [9.17, 15) is 14.7 Å². The molecule has 166 valence electrons. The van der Waals surface area contributed by atoms with Crippen LogP contribution in [0.2, 0.25) is 10.0 Å². The van der Waals surface area contributed by atoms with Crippen LogP contribution < -0.4 is 10.1 Å². The van der Waals surface area contributed by atoms with Crippen LogP contribution in [0.5, 0.6) is 5.75 Å². The highest BCUT2D eigenvalue weighted by atomic mass is 35.5. The van der Waals surface area contributed by atoms with Crippen LogP contribution in [-0.4, -0.2) is 36.3 Å². The second-order valence-electron chi connectivity index (χ2n) is 7.06. The van der Waals surface area contributed by atoms with Gasteiger partial charge in [0.2, 0.25) is 5.91 Å². The number of nitrogens with one attached hydrogen (secondary N) is 1. The van der Waals surface area contributed by atoms with E-state index in [-0.39, 0.29) is 25.0 Å². The lowest BCUT2D eigenvalue weighted by Crippen LogP contribution is -2.29. The van der Waals surface area contributed by atoms with Crippen LogP contribution >= 0.6 is 23.2 Å². The van der Waals surface area contributed by atoms with Crippen molar-refractivity contribution in [2.24, 2.45) is 0 Å². The third kappa shape index (κ3) is 7.58. The van der Waals surface area contributed by atoms with Gasteiger partial charge in [-0.05, 0) is 43.2 Å². The minimum atomic E-state index is -1.02. The lowest BCUT2D eigenvalue weighted by Gasteiger charge is -2.17. The largest absolute Gasteiger partial charge is 0.496 e. The monoisotopic (exact) mass is 465 g/mol. The molecule has 2 aromatic carbocycles. The molecule has 1 amide bonds. The van der Waals surface area contributed by atoms with Crippen molar-refractivity contribution < 1.29 is 24.2 Å². The first-order valence-corrected chi connectivity index (χ1v) is 10.4. The van der Waals surface area contributed by atoms with E-state index in [0.717, 1.165) is 11.1 Å². The van der Waals surface area contributed by atoms with Crippen molar-refractivity contribution in [2.45, 2.75) is 39.0 Å². The summed E-state index contributed by atoms with van der Waals surface area (Å²) in [5.41, 5.74) is 2.12. The van der Waals surface area contributed by atoms with E-state index in [4.69, 9.17) is 32.7 Å². The number of rotatable bonds is 10. The van der Waals surface area contributed by atoms with Gasteiger partial charge in [-0.2, -0.15) is 0 Å². The number of carbonyl (C=O) groups is 2. The van der Waals surface area contributed by atoms with Gasteiger partial charge in [-0.3, -0.25) is 4.79 Å². The van der Waals surface area contributed by atoms with E-state index in [1.54, 1.807) is 56.3 Å². The average molecular weight is 466 g/mol. The third-order valence-electron chi connectivity index (χ3n) is 4.33. The summed E-state index contributed by atoms with van der Waals surface area (Å²) in [4.78, 5) is 23.7. The van der Waals surface area contributed by atoms with Gasteiger partial charge in [0.15, 0.2) is 6.10 Å². The zero-order valence-corrected chi connectivity index (χ0v) is 19.0. The second-order valence-corrected chi connectivity index (χ2v) is 7.84. The average Bonchev–Trinajstić information content (AvgIpc) is 2.72. The molecule has 0 saturated carbocycles. The van der Waals surface area contributed by atoms with Crippen molar-refractivity contribution in [1.82, 2.24) is 5.32 Å². The molecule has 1 unspecified atom stereocenters. The van der Waals surface area contributed by atoms with Gasteiger partial charge in [-0.25, -0.2) is 4.79 Å². The number of carbonyl (C=O) groups excluding carboxylic acids is 1. The minimum Gasteiger partial charge on any atom is -0.496 e. The molecule has 0 spiro atoms. The zero-order chi connectivity index (χ0) is 23.0. The van der Waals surface area contributed by atoms with Gasteiger partial charge in [0.05, 0.1) is 23.3 Å². The Hall–Kier alpha value is -2.54. The number of methoxy groups -OCH3 is 1. The van der Waals surface area contributed by atoms with E-state index in [1.165, 1.54) is 13.2 Å². The predicted molar refractivity (Wildman–Crippen MR) is 122 cm³/mol. The number of ether oxygens (including phenoxy) is 2. The first-order valence-electron chi connectivity index (χ1n) is 9.65. The molecule has 0 bridgehead atoms. The molecule has 2 aromatic rings. The summed E-state index contributed by atoms with van der Waals surface area (Å²) in [5, 5.41) is 13.0. The van der Waals surface area contributed by atoms with E-state index >= 15 is 0 Å². The van der Waals surface area contributed by atoms with Crippen LogP contribution in [0.4, 0.5) is 0 Å². The Labute approximate surface area is 191 Å². The lowest BCUT2D eigenvalue weighted by atomic mass is 10.0. The molecule has 31 heavy (non-hydrogen) atoms. The first kappa shape index (κ1) is 24.7. The number of aliphatic carboxylic acids is 1. The lowest BCUT2D eigenvalue weighted by molar-refractivity contribution is -0.153. The highest BCUT2D eigenvalue weighted by molar-refractivity contribution is 6.42. The molecule has 0 fully saturated rings. The predicted octanol–water partition coefficient (Wildman–Crippen LogP) is 4.75. The summed E-state index contributed by atoms with van der Waals surface area (Å²) in [6.45, 7) is 3.77. The van der Waals surface area contributed by atoms with Gasteiger partial charge < -0.3 is 19.9 Å². The smallest absolute Gasteiger partial charge is 0.333 e. The van der Waals surface area contributed by atoms with E-state index in [1.807, 2.05) is 0 Å². The van der Waals surface area contributed by atoms with Crippen LogP contribution in [0.3, 0.4) is 0 Å². The third-order valence-corrected chi connectivity index (χ3v) is 5.16. The molecule has 0 radical (unpaired) electrons. The molecule has 8 heteroatoms. The van der Waals surface area contributed by atoms with Crippen molar-refractivity contribution in [3.63, 3.8) is 0 Å². The fourth-order valence-electron chi connectivity index (χ4n) is 2.89. The van der Waals surface area contributed by atoms with E-state index in [2.05, 4.69) is 5.32 Å². The molecule has 0 heterocycles. The zero-order valence-electron chi connectivity index (χ0n) is 17.5. The van der Waals surface area contributed by atoms with Crippen molar-refractivity contribution in [1.29, 1.82) is 0 Å². The summed E-state index contributed by atoms with van der Waals surface area (Å²) >= 11 is 12.1. The van der Waals surface area contributed by atoms with Crippen molar-refractivity contribution >= 4 is 41.2 Å². The van der Waals surface area contributed by atoms with Crippen LogP contribution in [-0.2, 0) is 27.3 Å². The molecule has 0 aromatic heterocycles. The Balaban J connectivity index is 2.08. The fraction of sp³-hybridized carbons (Fsp3) is 0.304. The van der Waals surface area contributed by atoms with Gasteiger partial charge in [0, 0.05) is 24.6 Å². The van der Waals surface area contributed by atoms with Crippen LogP contribution in [0.15, 0.2) is 42.5 Å². The number of carboxylic acids is 1. The molecular weight excluding hydrogens is 441 g/mol. The maximum absolute atomic E-state index is 12.2. The van der Waals surface area contributed by atoms with E-state index < -0.39 is 12.1 Å². The van der Waals surface area contributed by atoms with Gasteiger partial charge in [0.25, 0.3) is 0 Å². The molecule has 0 saturated heterocycles. The second kappa shape index (κ2) is 11.7. The molecule has 0 aliphatic heterocycles. The number of halogens is 2. The van der Waals surface area contributed by atoms with Gasteiger partial charge in [-0.15, -0.1) is 0 Å². The molecule has 2 rings (SSSR count). The number of carboxylic acid groups (broad SMARTS) is 1. The molecular formula is C23H25Cl2NO5. The normalized spacial score (nSPS) is 12.2. The summed E-state index contributed by atoms with van der Waals surface area (Å²) in [6, 6.07) is 10.5. The quantitative estimate of drug-likeness (QED) is 0.494. The standard InChI is InChI=1S/C23H25Cl2NO5/c1-14(2)31-20(23(28)29)12-15-7-9-19(30-3)17(11-15)13-26-21(27)10-8-16-5-4-6-18(24)22(16)25/h4-11,14,20H,12-13H2,1-3H3,(H,26,27)(H,28,29). The first-order chi connectivity index (χ1) is 14.7. The Bertz CT molecular complexity index is 959. The van der Waals surface area contributed by atoms with Crippen LogP contribution in [0, 0.1) is 0 Å². The highest BCUT2D eigenvalue weighted by Gasteiger charge is 2.20. The summed E-state index contributed by atoms with van der Waals surface area (Å²) in [6.07, 6.45) is 1.98. The summed E-state index contributed by atoms with van der Waals surface area (Å²) in [5.74, 6) is -0.762. The van der Waals surface area contributed by atoms with Crippen LogP contribution in [0.1, 0.15) is 30.5 Å².